The maximum atomic E-state index is 6.04. The SMILES string of the molecule is COc1ccc(CN2CCCC(OC)C2)c(N)c1. The van der Waals surface area contributed by atoms with E-state index in [1.807, 2.05) is 18.2 Å². The van der Waals surface area contributed by atoms with Gasteiger partial charge < -0.3 is 15.2 Å². The fraction of sp³-hybridized carbons (Fsp3) is 0.571. The molecular formula is C14H22N2O2. The smallest absolute Gasteiger partial charge is 0.120 e. The second kappa shape index (κ2) is 6.07. The number of piperidine rings is 1. The van der Waals surface area contributed by atoms with Crippen LogP contribution in [0.15, 0.2) is 18.2 Å². The monoisotopic (exact) mass is 250 g/mol. The average molecular weight is 250 g/mol. The Balaban J connectivity index is 2.00. The molecule has 0 amide bonds. The molecule has 100 valence electrons. The molecule has 1 atom stereocenters. The van der Waals surface area contributed by atoms with Crippen LogP contribution in [0.25, 0.3) is 0 Å². The number of ether oxygens (including phenoxy) is 2. The zero-order valence-electron chi connectivity index (χ0n) is 11.2. The molecular weight excluding hydrogens is 228 g/mol. The molecule has 2 N–H and O–H groups in total. The van der Waals surface area contributed by atoms with Gasteiger partial charge in [-0.2, -0.15) is 0 Å². The Kier molecular flexibility index (Phi) is 4.44. The molecule has 0 saturated carbocycles. The maximum absolute atomic E-state index is 6.04. The lowest BCUT2D eigenvalue weighted by Crippen LogP contribution is -2.38. The fourth-order valence-electron chi connectivity index (χ4n) is 2.43. The van der Waals surface area contributed by atoms with Crippen LogP contribution in [0.4, 0.5) is 5.69 Å². The summed E-state index contributed by atoms with van der Waals surface area (Å²) in [5.74, 6) is 0.810. The summed E-state index contributed by atoms with van der Waals surface area (Å²) in [7, 11) is 3.44. The van der Waals surface area contributed by atoms with Gasteiger partial charge >= 0.3 is 0 Å². The van der Waals surface area contributed by atoms with Gasteiger partial charge in [0.05, 0.1) is 13.2 Å². The molecule has 0 radical (unpaired) electrons. The van der Waals surface area contributed by atoms with Crippen LogP contribution >= 0.6 is 0 Å². The number of hydrogen-bond acceptors (Lipinski definition) is 4. The zero-order chi connectivity index (χ0) is 13.0. The molecule has 1 fully saturated rings. The summed E-state index contributed by atoms with van der Waals surface area (Å²) in [6.07, 6.45) is 2.71. The highest BCUT2D eigenvalue weighted by Crippen LogP contribution is 2.22. The van der Waals surface area contributed by atoms with Crippen LogP contribution in [0, 0.1) is 0 Å². The van der Waals surface area contributed by atoms with E-state index in [0.29, 0.717) is 6.10 Å². The second-order valence-electron chi connectivity index (χ2n) is 4.80. The molecule has 0 aromatic heterocycles. The number of benzene rings is 1. The van der Waals surface area contributed by atoms with Crippen molar-refractivity contribution < 1.29 is 9.47 Å². The Hall–Kier alpha value is -1.26. The van der Waals surface area contributed by atoms with Gasteiger partial charge in [-0.05, 0) is 31.0 Å². The molecule has 0 spiro atoms. The Bertz CT molecular complexity index is 395. The summed E-state index contributed by atoms with van der Waals surface area (Å²) in [5.41, 5.74) is 8.00. The maximum Gasteiger partial charge on any atom is 0.120 e. The first-order chi connectivity index (χ1) is 8.72. The summed E-state index contributed by atoms with van der Waals surface area (Å²) in [5, 5.41) is 0. The van der Waals surface area contributed by atoms with Crippen LogP contribution in [-0.2, 0) is 11.3 Å². The third-order valence-corrected chi connectivity index (χ3v) is 3.54. The van der Waals surface area contributed by atoms with E-state index in [9.17, 15) is 0 Å². The van der Waals surface area contributed by atoms with Crippen molar-refractivity contribution in [1.82, 2.24) is 4.90 Å². The normalized spacial score (nSPS) is 20.9. The summed E-state index contributed by atoms with van der Waals surface area (Å²) in [4.78, 5) is 2.40. The van der Waals surface area contributed by atoms with Crippen molar-refractivity contribution in [2.24, 2.45) is 0 Å². The van der Waals surface area contributed by atoms with Gasteiger partial charge in [-0.3, -0.25) is 4.90 Å². The molecule has 1 heterocycles. The van der Waals surface area contributed by atoms with Gasteiger partial charge in [0.15, 0.2) is 0 Å². The minimum atomic E-state index is 0.359. The molecule has 18 heavy (non-hydrogen) atoms. The third-order valence-electron chi connectivity index (χ3n) is 3.54. The van der Waals surface area contributed by atoms with Gasteiger partial charge in [-0.25, -0.2) is 0 Å². The van der Waals surface area contributed by atoms with Crippen LogP contribution in [0.5, 0.6) is 5.75 Å². The number of rotatable bonds is 4. The van der Waals surface area contributed by atoms with Crippen LogP contribution in [0.1, 0.15) is 18.4 Å². The van der Waals surface area contributed by atoms with Gasteiger partial charge in [0, 0.05) is 32.0 Å². The quantitative estimate of drug-likeness (QED) is 0.829. The van der Waals surface area contributed by atoms with Gasteiger partial charge in [0.2, 0.25) is 0 Å². The van der Waals surface area contributed by atoms with Crippen molar-refractivity contribution in [1.29, 1.82) is 0 Å². The first-order valence-electron chi connectivity index (χ1n) is 6.40. The number of nitrogens with zero attached hydrogens (tertiary/aromatic N) is 1. The van der Waals surface area contributed by atoms with Crippen molar-refractivity contribution in [3.8, 4) is 5.75 Å². The predicted molar refractivity (Wildman–Crippen MR) is 72.7 cm³/mol. The fourth-order valence-corrected chi connectivity index (χ4v) is 2.43. The summed E-state index contributed by atoms with van der Waals surface area (Å²) < 4.78 is 10.6. The van der Waals surface area contributed by atoms with Crippen LogP contribution in [0.2, 0.25) is 0 Å². The topological polar surface area (TPSA) is 47.7 Å². The summed E-state index contributed by atoms with van der Waals surface area (Å²) in [6, 6.07) is 5.89. The Morgan fingerprint density at radius 3 is 2.89 bits per heavy atom. The van der Waals surface area contributed by atoms with Crippen LogP contribution in [0.3, 0.4) is 0 Å². The van der Waals surface area contributed by atoms with Crippen molar-refractivity contribution in [2.75, 3.05) is 33.0 Å². The third kappa shape index (κ3) is 3.15. The minimum absolute atomic E-state index is 0.359. The van der Waals surface area contributed by atoms with E-state index in [1.54, 1.807) is 14.2 Å². The molecule has 1 unspecified atom stereocenters. The number of nitrogens with two attached hydrogens (primary N) is 1. The van der Waals surface area contributed by atoms with E-state index in [-0.39, 0.29) is 0 Å². The van der Waals surface area contributed by atoms with E-state index in [0.717, 1.165) is 43.1 Å². The van der Waals surface area contributed by atoms with Gasteiger partial charge in [-0.15, -0.1) is 0 Å². The van der Waals surface area contributed by atoms with Crippen molar-refractivity contribution in [3.63, 3.8) is 0 Å². The van der Waals surface area contributed by atoms with E-state index in [1.165, 1.54) is 6.42 Å². The van der Waals surface area contributed by atoms with Crippen LogP contribution < -0.4 is 10.5 Å². The first kappa shape index (κ1) is 13.2. The zero-order valence-corrected chi connectivity index (χ0v) is 11.2. The molecule has 1 aromatic carbocycles. The lowest BCUT2D eigenvalue weighted by molar-refractivity contribution is 0.0286. The molecule has 4 nitrogen and oxygen atoms in total. The van der Waals surface area contributed by atoms with Crippen LogP contribution in [-0.4, -0.2) is 38.3 Å². The number of methoxy groups -OCH3 is 2. The molecule has 1 saturated heterocycles. The lowest BCUT2D eigenvalue weighted by atomic mass is 10.1. The molecule has 1 aliphatic rings. The van der Waals surface area contributed by atoms with Crippen molar-refractivity contribution in [3.05, 3.63) is 23.8 Å². The number of likely N-dealkylation sites (tertiary alicyclic amines) is 1. The highest BCUT2D eigenvalue weighted by Gasteiger charge is 2.19. The standard InChI is InChI=1S/C14H22N2O2/c1-17-12-6-5-11(14(15)8-12)9-16-7-3-4-13(10-16)18-2/h5-6,8,13H,3-4,7,9-10,15H2,1-2H3. The average Bonchev–Trinajstić information content (AvgIpc) is 2.41. The summed E-state index contributed by atoms with van der Waals surface area (Å²) >= 11 is 0. The van der Waals surface area contributed by atoms with Gasteiger partial charge in [0.1, 0.15) is 5.75 Å². The van der Waals surface area contributed by atoms with Crippen molar-refractivity contribution in [2.45, 2.75) is 25.5 Å². The van der Waals surface area contributed by atoms with Crippen molar-refractivity contribution >= 4 is 5.69 Å². The number of hydrogen-bond donors (Lipinski definition) is 1. The lowest BCUT2D eigenvalue weighted by Gasteiger charge is -2.32. The van der Waals surface area contributed by atoms with E-state index in [2.05, 4.69) is 4.90 Å². The molecule has 4 heteroatoms. The second-order valence-corrected chi connectivity index (χ2v) is 4.80. The van der Waals surface area contributed by atoms with Gasteiger partial charge in [-0.1, -0.05) is 6.07 Å². The molecule has 2 rings (SSSR count). The Morgan fingerprint density at radius 2 is 2.22 bits per heavy atom. The van der Waals surface area contributed by atoms with Gasteiger partial charge in [0.25, 0.3) is 0 Å². The molecule has 1 aliphatic heterocycles. The van der Waals surface area contributed by atoms with E-state index >= 15 is 0 Å². The highest BCUT2D eigenvalue weighted by molar-refractivity contribution is 5.51. The summed E-state index contributed by atoms with van der Waals surface area (Å²) in [6.45, 7) is 2.99. The number of nitrogen functional groups attached to an aromatic ring is 1. The largest absolute Gasteiger partial charge is 0.497 e. The highest BCUT2D eigenvalue weighted by atomic mass is 16.5. The number of anilines is 1. The Morgan fingerprint density at radius 1 is 1.39 bits per heavy atom. The molecule has 0 aliphatic carbocycles. The van der Waals surface area contributed by atoms with E-state index < -0.39 is 0 Å². The predicted octanol–water partition coefficient (Wildman–Crippen LogP) is 1.89. The molecule has 1 aromatic rings. The molecule has 0 bridgehead atoms. The van der Waals surface area contributed by atoms with E-state index in [4.69, 9.17) is 15.2 Å². The first-order valence-corrected chi connectivity index (χ1v) is 6.40. The minimum Gasteiger partial charge on any atom is -0.497 e. The Labute approximate surface area is 109 Å².